The van der Waals surface area contributed by atoms with Crippen molar-refractivity contribution in [2.75, 3.05) is 14.2 Å². The van der Waals surface area contributed by atoms with Crippen LogP contribution in [0.5, 0.6) is 0 Å². The molecule has 0 bridgehead atoms. The highest BCUT2D eigenvalue weighted by Crippen LogP contribution is 1.95. The van der Waals surface area contributed by atoms with E-state index < -0.39 is 10.4 Å². The molecule has 0 saturated carbocycles. The van der Waals surface area contributed by atoms with Crippen molar-refractivity contribution in [1.29, 1.82) is 0 Å². The zero-order valence-corrected chi connectivity index (χ0v) is 9.69. The first-order valence-corrected chi connectivity index (χ1v) is 5.73. The molecule has 0 aliphatic carbocycles. The summed E-state index contributed by atoms with van der Waals surface area (Å²) in [7, 11) is -1.60. The first-order chi connectivity index (χ1) is 6.04. The molecule has 0 unspecified atom stereocenters. The summed E-state index contributed by atoms with van der Waals surface area (Å²) in [5.74, 6) is 0. The highest BCUT2D eigenvalue weighted by Gasteiger charge is 2.01. The molecule has 0 radical (unpaired) electrons. The Morgan fingerprint density at radius 3 is 1.31 bits per heavy atom. The first-order valence-electron chi connectivity index (χ1n) is 4.40. The first kappa shape index (κ1) is 15.3. The van der Waals surface area contributed by atoms with Crippen LogP contribution in [0.2, 0.25) is 0 Å². The maximum absolute atomic E-state index is 9.92. The predicted octanol–water partition coefficient (Wildman–Crippen LogP) is 2.11. The zero-order valence-electron chi connectivity index (χ0n) is 8.87. The smallest absolute Gasteiger partial charge is 0.252 e. The number of hydrogen-bond donors (Lipinski definition) is 0. The van der Waals surface area contributed by atoms with Gasteiger partial charge in [-0.25, -0.2) is 0 Å². The van der Waals surface area contributed by atoms with Crippen LogP contribution in [0.15, 0.2) is 0 Å². The van der Waals surface area contributed by atoms with Gasteiger partial charge in [0.2, 0.25) is 0 Å². The van der Waals surface area contributed by atoms with Crippen LogP contribution in [0.3, 0.4) is 0 Å². The van der Waals surface area contributed by atoms with Crippen molar-refractivity contribution in [2.45, 2.75) is 39.5 Å². The van der Waals surface area contributed by atoms with Gasteiger partial charge in [-0.1, -0.05) is 39.5 Å². The summed E-state index contributed by atoms with van der Waals surface area (Å²) in [6, 6.07) is 0. The van der Waals surface area contributed by atoms with E-state index in [4.69, 9.17) is 0 Å². The molecule has 0 fully saturated rings. The largest absolute Gasteiger partial charge is 0.399 e. The van der Waals surface area contributed by atoms with Crippen LogP contribution in [0.4, 0.5) is 0 Å². The fourth-order valence-corrected chi connectivity index (χ4v) is 0.704. The molecule has 0 aromatic rings. The lowest BCUT2D eigenvalue weighted by Gasteiger charge is -1.91. The molecule has 0 spiro atoms. The van der Waals surface area contributed by atoms with Crippen LogP contribution in [0, 0.1) is 0 Å². The molecule has 0 aliphatic rings. The van der Waals surface area contributed by atoms with E-state index in [-0.39, 0.29) is 0 Å². The summed E-state index contributed by atoms with van der Waals surface area (Å²) in [5, 5.41) is 0. The second-order valence-corrected chi connectivity index (χ2v) is 3.93. The third-order valence-electron chi connectivity index (χ3n) is 1.37. The minimum Gasteiger partial charge on any atom is -0.252 e. The average Bonchev–Trinajstić information content (AvgIpc) is 2.16. The maximum atomic E-state index is 9.92. The molecule has 82 valence electrons. The van der Waals surface area contributed by atoms with E-state index in [0.717, 1.165) is 14.2 Å². The fraction of sp³-hybridized carbons (Fsp3) is 1.00. The van der Waals surface area contributed by atoms with Crippen molar-refractivity contribution in [3.05, 3.63) is 0 Å². The van der Waals surface area contributed by atoms with Gasteiger partial charge in [0.15, 0.2) is 0 Å². The Balaban J connectivity index is 0. The van der Waals surface area contributed by atoms with Crippen molar-refractivity contribution in [3.8, 4) is 0 Å². The highest BCUT2D eigenvalue weighted by atomic mass is 32.3. The number of rotatable bonds is 5. The Bertz CT molecular complexity index is 161. The molecule has 0 heterocycles. The molecule has 0 rings (SSSR count). The molecule has 0 aliphatic heterocycles. The summed E-state index contributed by atoms with van der Waals surface area (Å²) in [5.41, 5.74) is 0. The van der Waals surface area contributed by atoms with Gasteiger partial charge in [-0.2, -0.15) is 8.42 Å². The van der Waals surface area contributed by atoms with E-state index >= 15 is 0 Å². The van der Waals surface area contributed by atoms with E-state index in [1.54, 1.807) is 0 Å². The molecule has 0 atom stereocenters. The van der Waals surface area contributed by atoms with Gasteiger partial charge < -0.3 is 0 Å². The van der Waals surface area contributed by atoms with E-state index in [1.165, 1.54) is 25.7 Å². The molecule has 0 aromatic heterocycles. The average molecular weight is 212 g/mol. The lowest BCUT2D eigenvalue weighted by molar-refractivity contribution is 0.286. The van der Waals surface area contributed by atoms with Gasteiger partial charge in [-0.15, -0.1) is 0 Å². The van der Waals surface area contributed by atoms with Gasteiger partial charge in [-0.05, 0) is 0 Å². The zero-order chi connectivity index (χ0) is 10.7. The van der Waals surface area contributed by atoms with Gasteiger partial charge in [-0.3, -0.25) is 8.37 Å². The minimum atomic E-state index is -3.66. The quantitative estimate of drug-likeness (QED) is 0.655. The molecule has 0 saturated heterocycles. The van der Waals surface area contributed by atoms with Crippen molar-refractivity contribution in [3.63, 3.8) is 0 Å². The molecule has 0 aromatic carbocycles. The van der Waals surface area contributed by atoms with Crippen molar-refractivity contribution < 1.29 is 16.8 Å². The monoisotopic (exact) mass is 212 g/mol. The summed E-state index contributed by atoms with van der Waals surface area (Å²) in [6.45, 7) is 4.46. The molecular weight excluding hydrogens is 192 g/mol. The van der Waals surface area contributed by atoms with Crippen molar-refractivity contribution in [2.24, 2.45) is 0 Å². The van der Waals surface area contributed by atoms with Crippen LogP contribution in [0.25, 0.3) is 0 Å². The fourth-order valence-electron chi connectivity index (χ4n) is 0.568. The molecule has 0 N–H and O–H groups in total. The van der Waals surface area contributed by atoms with Crippen LogP contribution < -0.4 is 0 Å². The van der Waals surface area contributed by atoms with E-state index in [9.17, 15) is 8.42 Å². The standard InChI is InChI=1S/C6H14.C2H6O4S/c1-3-5-6-4-2;1-5-7(3,4)6-2/h3-6H2,1-2H3;1-2H3. The third-order valence-corrected chi connectivity index (χ3v) is 2.18. The maximum Gasteiger partial charge on any atom is 0.399 e. The van der Waals surface area contributed by atoms with E-state index in [1.807, 2.05) is 0 Å². The van der Waals surface area contributed by atoms with Crippen LogP contribution in [0.1, 0.15) is 39.5 Å². The second kappa shape index (κ2) is 9.95. The predicted molar refractivity (Wildman–Crippen MR) is 52.8 cm³/mol. The Morgan fingerprint density at radius 2 is 1.23 bits per heavy atom. The summed E-state index contributed by atoms with van der Waals surface area (Å²) in [4.78, 5) is 0. The molecule has 13 heavy (non-hydrogen) atoms. The highest BCUT2D eigenvalue weighted by molar-refractivity contribution is 7.81. The Kier molecular flexibility index (Phi) is 11.8. The molecular formula is C8H20O4S. The molecule has 0 amide bonds. The summed E-state index contributed by atoms with van der Waals surface area (Å²) >= 11 is 0. The normalized spacial score (nSPS) is 10.5. The van der Waals surface area contributed by atoms with Gasteiger partial charge in [0, 0.05) is 0 Å². The SMILES string of the molecule is CCCCCC.COS(=O)(=O)OC. The van der Waals surface area contributed by atoms with Gasteiger partial charge in [0.25, 0.3) is 0 Å². The van der Waals surface area contributed by atoms with E-state index in [0.29, 0.717) is 0 Å². The van der Waals surface area contributed by atoms with Crippen LogP contribution in [-0.2, 0) is 18.8 Å². The van der Waals surface area contributed by atoms with Gasteiger partial charge in [0.05, 0.1) is 14.2 Å². The van der Waals surface area contributed by atoms with E-state index in [2.05, 4.69) is 22.2 Å². The Morgan fingerprint density at radius 1 is 0.923 bits per heavy atom. The van der Waals surface area contributed by atoms with Gasteiger partial charge in [0.1, 0.15) is 0 Å². The number of unbranched alkanes of at least 4 members (excludes halogenated alkanes) is 3. The van der Waals surface area contributed by atoms with Crippen molar-refractivity contribution >= 4 is 10.4 Å². The number of hydrogen-bond acceptors (Lipinski definition) is 4. The van der Waals surface area contributed by atoms with Crippen molar-refractivity contribution in [1.82, 2.24) is 0 Å². The topological polar surface area (TPSA) is 52.6 Å². The van der Waals surface area contributed by atoms with Crippen LogP contribution >= 0.6 is 0 Å². The Labute approximate surface area is 81.6 Å². The minimum absolute atomic E-state index is 1.03. The summed E-state index contributed by atoms with van der Waals surface area (Å²) < 4.78 is 27.5. The lowest BCUT2D eigenvalue weighted by Crippen LogP contribution is -2.02. The lowest BCUT2D eigenvalue weighted by atomic mass is 10.2. The summed E-state index contributed by atoms with van der Waals surface area (Å²) in [6.07, 6.45) is 5.54. The van der Waals surface area contributed by atoms with Gasteiger partial charge >= 0.3 is 10.4 Å². The van der Waals surface area contributed by atoms with Crippen LogP contribution in [-0.4, -0.2) is 22.6 Å². The third kappa shape index (κ3) is 14.7. The second-order valence-electron chi connectivity index (χ2n) is 2.45. The molecule has 4 nitrogen and oxygen atoms in total. The molecule has 5 heteroatoms. The Hall–Kier alpha value is -0.130.